The molecule has 0 aromatic rings. The number of Topliss-reactive ketones (excluding diaryl/α,β-unsaturated/α-hetero) is 1. The number of amides is 1. The largest absolute Gasteiger partial charge is 0.381 e. The summed E-state index contributed by atoms with van der Waals surface area (Å²) in [5.41, 5.74) is -0.234. The maximum absolute atomic E-state index is 11.7. The second kappa shape index (κ2) is 3.58. The molecular weight excluding hydrogens is 166 g/mol. The molecule has 0 atom stereocenters. The number of carbonyl (C=O) groups excluding carboxylic acids is 2. The molecule has 0 saturated heterocycles. The van der Waals surface area contributed by atoms with Gasteiger partial charge in [-0.1, -0.05) is 6.92 Å². The van der Waals surface area contributed by atoms with Gasteiger partial charge in [0.1, 0.15) is 0 Å². The fourth-order valence-electron chi connectivity index (χ4n) is 0.768. The van der Waals surface area contributed by atoms with Crippen molar-refractivity contribution in [2.45, 2.75) is 39.7 Å². The van der Waals surface area contributed by atoms with Gasteiger partial charge in [-0.25, -0.2) is 4.79 Å². The zero-order valence-electron chi connectivity index (χ0n) is 9.47. The molecule has 3 heteroatoms. The van der Waals surface area contributed by atoms with Crippen molar-refractivity contribution in [3.8, 4) is 0 Å². The number of ketones is 1. The highest BCUT2D eigenvalue weighted by Gasteiger charge is 2.41. The zero-order chi connectivity index (χ0) is 10.9. The minimum atomic E-state index is -0.310. The summed E-state index contributed by atoms with van der Waals surface area (Å²) in [4.78, 5) is 22.9. The fourth-order valence-corrected chi connectivity index (χ4v) is 0.768. The minimum Gasteiger partial charge on any atom is -0.284 e. The Morgan fingerprint density at radius 3 is 1.77 bits per heavy atom. The number of rotatable bonds is 2. The van der Waals surface area contributed by atoms with Gasteiger partial charge in [0.2, 0.25) is 0 Å². The number of likely N-dealkylation sites (N-methyl/N-ethyl adjacent to an activating group) is 1. The number of hydrogen-bond donors (Lipinski definition) is 0. The van der Waals surface area contributed by atoms with Crippen molar-refractivity contribution in [2.75, 3.05) is 14.1 Å². The Morgan fingerprint density at radius 2 is 1.54 bits per heavy atom. The molecule has 0 aliphatic rings. The molecule has 0 aliphatic carbocycles. The van der Waals surface area contributed by atoms with Gasteiger partial charge >= 0.3 is 5.91 Å². The van der Waals surface area contributed by atoms with Gasteiger partial charge in [-0.2, -0.15) is 0 Å². The highest BCUT2D eigenvalue weighted by molar-refractivity contribution is 6.33. The van der Waals surface area contributed by atoms with Crippen LogP contribution in [0, 0.1) is 0 Å². The number of hydrogen-bond acceptors (Lipinski definition) is 2. The standard InChI is InChI=1S/C10H20NO2/c1-7-8(12)9(13)11(5,6)10(2,3)4/h7H2,1-6H3/q+1. The normalized spacial score (nSPS) is 12.8. The summed E-state index contributed by atoms with van der Waals surface area (Å²) in [5, 5.41) is 0. The molecular formula is C10H20NO2+. The Hall–Kier alpha value is -0.700. The molecule has 76 valence electrons. The van der Waals surface area contributed by atoms with Crippen LogP contribution in [-0.2, 0) is 9.59 Å². The van der Waals surface area contributed by atoms with E-state index in [0.717, 1.165) is 0 Å². The van der Waals surface area contributed by atoms with Crippen molar-refractivity contribution in [1.82, 2.24) is 0 Å². The van der Waals surface area contributed by atoms with Gasteiger partial charge in [-0.15, -0.1) is 0 Å². The van der Waals surface area contributed by atoms with Crippen molar-refractivity contribution in [1.29, 1.82) is 0 Å². The van der Waals surface area contributed by atoms with Crippen LogP contribution in [0.2, 0.25) is 0 Å². The van der Waals surface area contributed by atoms with E-state index >= 15 is 0 Å². The first-order valence-corrected chi connectivity index (χ1v) is 4.56. The average molecular weight is 186 g/mol. The molecule has 0 saturated carbocycles. The van der Waals surface area contributed by atoms with E-state index < -0.39 is 0 Å². The molecule has 0 fully saturated rings. The van der Waals surface area contributed by atoms with Crippen LogP contribution in [0.15, 0.2) is 0 Å². The Labute approximate surface area is 80.3 Å². The van der Waals surface area contributed by atoms with E-state index in [2.05, 4.69) is 0 Å². The molecule has 0 heterocycles. The minimum absolute atomic E-state index is 0.111. The lowest BCUT2D eigenvalue weighted by atomic mass is 10.0. The molecule has 0 rings (SSSR count). The van der Waals surface area contributed by atoms with Crippen LogP contribution < -0.4 is 0 Å². The number of carbonyl (C=O) groups is 2. The predicted molar refractivity (Wildman–Crippen MR) is 52.2 cm³/mol. The van der Waals surface area contributed by atoms with Gasteiger partial charge in [0.15, 0.2) is 0 Å². The summed E-state index contributed by atoms with van der Waals surface area (Å²) in [6.45, 7) is 7.57. The molecule has 0 aromatic heterocycles. The van der Waals surface area contributed by atoms with Gasteiger partial charge in [0.05, 0.1) is 19.6 Å². The first-order valence-electron chi connectivity index (χ1n) is 4.56. The van der Waals surface area contributed by atoms with E-state index in [-0.39, 0.29) is 28.1 Å². The molecule has 0 bridgehead atoms. The number of nitrogens with zero attached hydrogens (tertiary/aromatic N) is 1. The molecule has 3 nitrogen and oxygen atoms in total. The van der Waals surface area contributed by atoms with E-state index in [9.17, 15) is 9.59 Å². The molecule has 0 spiro atoms. The highest BCUT2D eigenvalue weighted by Crippen LogP contribution is 2.19. The Morgan fingerprint density at radius 1 is 1.15 bits per heavy atom. The molecule has 0 aromatic carbocycles. The van der Waals surface area contributed by atoms with Crippen LogP contribution in [-0.4, -0.2) is 35.8 Å². The SMILES string of the molecule is CCC(=O)C(=O)[N+](C)(C)C(C)(C)C. The van der Waals surface area contributed by atoms with Crippen LogP contribution >= 0.6 is 0 Å². The maximum atomic E-state index is 11.7. The van der Waals surface area contributed by atoms with Crippen molar-refractivity contribution < 1.29 is 14.1 Å². The first kappa shape index (κ1) is 12.3. The highest BCUT2D eigenvalue weighted by atomic mass is 16.2. The van der Waals surface area contributed by atoms with E-state index in [1.807, 2.05) is 20.8 Å². The lowest BCUT2D eigenvalue weighted by Crippen LogP contribution is -2.60. The molecule has 1 amide bonds. The van der Waals surface area contributed by atoms with Crippen molar-refractivity contribution >= 4 is 11.7 Å². The Balaban J connectivity index is 4.86. The van der Waals surface area contributed by atoms with Gasteiger partial charge in [-0.3, -0.25) is 9.28 Å². The Kier molecular flexibility index (Phi) is 3.39. The summed E-state index contributed by atoms with van der Waals surface area (Å²) in [6, 6.07) is 0. The summed E-state index contributed by atoms with van der Waals surface area (Å²) in [6.07, 6.45) is 0.288. The molecule has 0 radical (unpaired) electrons. The third-order valence-electron chi connectivity index (χ3n) is 2.74. The summed E-state index contributed by atoms with van der Waals surface area (Å²) < 4.78 is 0.111. The fraction of sp³-hybridized carbons (Fsp3) is 0.800. The van der Waals surface area contributed by atoms with Gasteiger partial charge in [0, 0.05) is 6.42 Å². The summed E-state index contributed by atoms with van der Waals surface area (Å²) in [7, 11) is 3.55. The lowest BCUT2D eigenvalue weighted by molar-refractivity contribution is -0.859. The Bertz CT molecular complexity index is 224. The third kappa shape index (κ3) is 2.37. The average Bonchev–Trinajstić information content (AvgIpc) is 1.99. The van der Waals surface area contributed by atoms with Crippen molar-refractivity contribution in [3.63, 3.8) is 0 Å². The van der Waals surface area contributed by atoms with E-state index in [4.69, 9.17) is 0 Å². The van der Waals surface area contributed by atoms with Crippen LogP contribution in [0.4, 0.5) is 0 Å². The van der Waals surface area contributed by atoms with Crippen LogP contribution in [0.3, 0.4) is 0 Å². The van der Waals surface area contributed by atoms with Gasteiger partial charge < -0.3 is 0 Å². The molecule has 0 N–H and O–H groups in total. The quantitative estimate of drug-likeness (QED) is 0.482. The smallest absolute Gasteiger partial charge is 0.284 e. The van der Waals surface area contributed by atoms with Gasteiger partial charge in [0.25, 0.3) is 5.78 Å². The van der Waals surface area contributed by atoms with E-state index in [1.54, 1.807) is 21.0 Å². The monoisotopic (exact) mass is 186 g/mol. The van der Waals surface area contributed by atoms with Crippen molar-refractivity contribution in [2.24, 2.45) is 0 Å². The summed E-state index contributed by atoms with van der Waals surface area (Å²) in [5.74, 6) is -0.602. The third-order valence-corrected chi connectivity index (χ3v) is 2.74. The maximum Gasteiger partial charge on any atom is 0.381 e. The van der Waals surface area contributed by atoms with Gasteiger partial charge in [-0.05, 0) is 20.8 Å². The lowest BCUT2D eigenvalue weighted by Gasteiger charge is -2.38. The van der Waals surface area contributed by atoms with Crippen LogP contribution in [0.25, 0.3) is 0 Å². The number of quaternary nitrogens is 1. The molecule has 0 unspecified atom stereocenters. The van der Waals surface area contributed by atoms with E-state index in [0.29, 0.717) is 0 Å². The topological polar surface area (TPSA) is 34.1 Å². The van der Waals surface area contributed by atoms with Crippen LogP contribution in [0.1, 0.15) is 34.1 Å². The van der Waals surface area contributed by atoms with Crippen molar-refractivity contribution in [3.05, 3.63) is 0 Å². The second-order valence-corrected chi connectivity index (χ2v) is 4.71. The molecule has 0 aliphatic heterocycles. The zero-order valence-corrected chi connectivity index (χ0v) is 9.47. The second-order valence-electron chi connectivity index (χ2n) is 4.71. The predicted octanol–water partition coefficient (Wildman–Crippen LogP) is 1.37. The first-order chi connectivity index (χ1) is 5.64. The summed E-state index contributed by atoms with van der Waals surface area (Å²) >= 11 is 0. The van der Waals surface area contributed by atoms with E-state index in [1.165, 1.54) is 0 Å². The van der Waals surface area contributed by atoms with Crippen LogP contribution in [0.5, 0.6) is 0 Å². The molecule has 13 heavy (non-hydrogen) atoms.